The first-order valence-electron chi connectivity index (χ1n) is 6.94. The molecule has 0 bridgehead atoms. The highest BCUT2D eigenvalue weighted by atomic mass is 32.2. The van der Waals surface area contributed by atoms with E-state index in [2.05, 4.69) is 0 Å². The lowest BCUT2D eigenvalue weighted by molar-refractivity contribution is -0.173. The minimum Gasteiger partial charge on any atom is -0.207 e. The standard InChI is InChI=1S/C15H12F4N2O2S2/c1-2-21(25(22,23)13-7-12(8-20)24-9-13)14(15(17,18)19)10-3-5-11(16)6-4-10/h3-7,9,14H,2H2,1H3/t14-/m0/s1. The van der Waals surface area contributed by atoms with Crippen LogP contribution in [0, 0.1) is 17.1 Å². The average Bonchev–Trinajstić information content (AvgIpc) is 3.02. The Labute approximate surface area is 146 Å². The molecule has 1 heterocycles. The monoisotopic (exact) mass is 392 g/mol. The molecule has 1 aromatic heterocycles. The van der Waals surface area contributed by atoms with Crippen LogP contribution in [0.1, 0.15) is 23.4 Å². The SMILES string of the molecule is CCN([C@@H](c1ccc(F)cc1)C(F)(F)F)S(=O)(=O)c1csc(C#N)c1. The molecule has 0 aliphatic carbocycles. The summed E-state index contributed by atoms with van der Waals surface area (Å²) in [5.74, 6) is -0.730. The molecule has 0 saturated heterocycles. The van der Waals surface area contributed by atoms with E-state index >= 15 is 0 Å². The van der Waals surface area contributed by atoms with Crippen molar-refractivity contribution in [3.05, 3.63) is 52.0 Å². The van der Waals surface area contributed by atoms with Crippen molar-refractivity contribution in [1.29, 1.82) is 5.26 Å². The Morgan fingerprint density at radius 1 is 1.28 bits per heavy atom. The van der Waals surface area contributed by atoms with Gasteiger partial charge >= 0.3 is 6.18 Å². The molecule has 25 heavy (non-hydrogen) atoms. The maximum atomic E-state index is 13.6. The number of nitrogens with zero attached hydrogens (tertiary/aromatic N) is 2. The summed E-state index contributed by atoms with van der Waals surface area (Å²) in [6.07, 6.45) is -4.91. The van der Waals surface area contributed by atoms with Crippen LogP contribution in [0.4, 0.5) is 17.6 Å². The highest BCUT2D eigenvalue weighted by molar-refractivity contribution is 7.89. The number of rotatable bonds is 5. The second-order valence-electron chi connectivity index (χ2n) is 4.96. The summed E-state index contributed by atoms with van der Waals surface area (Å²) in [7, 11) is -4.50. The lowest BCUT2D eigenvalue weighted by Gasteiger charge is -2.31. The van der Waals surface area contributed by atoms with Crippen LogP contribution in [0.25, 0.3) is 0 Å². The summed E-state index contributed by atoms with van der Waals surface area (Å²) in [4.78, 5) is -0.313. The van der Waals surface area contributed by atoms with E-state index in [1.165, 1.54) is 6.92 Å². The number of alkyl halides is 3. The van der Waals surface area contributed by atoms with Gasteiger partial charge < -0.3 is 0 Å². The Balaban J connectivity index is 2.57. The van der Waals surface area contributed by atoms with Gasteiger partial charge in [0.15, 0.2) is 0 Å². The zero-order valence-corrected chi connectivity index (χ0v) is 14.4. The van der Waals surface area contributed by atoms with Crippen LogP contribution in [0.15, 0.2) is 40.6 Å². The molecule has 2 rings (SSSR count). The van der Waals surface area contributed by atoms with Gasteiger partial charge in [-0.1, -0.05) is 19.1 Å². The van der Waals surface area contributed by atoms with E-state index in [9.17, 15) is 26.0 Å². The Morgan fingerprint density at radius 2 is 1.88 bits per heavy atom. The second kappa shape index (κ2) is 7.11. The van der Waals surface area contributed by atoms with E-state index in [4.69, 9.17) is 5.26 Å². The van der Waals surface area contributed by atoms with Crippen molar-refractivity contribution in [2.45, 2.75) is 24.0 Å². The molecule has 0 saturated carbocycles. The third-order valence-corrected chi connectivity index (χ3v) is 6.29. The molecular formula is C15H12F4N2O2S2. The minimum atomic E-state index is -4.91. The first-order chi connectivity index (χ1) is 11.6. The average molecular weight is 392 g/mol. The third kappa shape index (κ3) is 4.00. The number of nitriles is 1. The molecule has 0 aliphatic rings. The molecule has 4 nitrogen and oxygen atoms in total. The summed E-state index contributed by atoms with van der Waals surface area (Å²) in [5.41, 5.74) is -0.393. The van der Waals surface area contributed by atoms with Crippen molar-refractivity contribution < 1.29 is 26.0 Å². The first kappa shape index (κ1) is 19.4. The second-order valence-corrected chi connectivity index (χ2v) is 7.76. The Kier molecular flexibility index (Phi) is 5.51. The molecule has 0 spiro atoms. The molecule has 1 atom stereocenters. The molecule has 0 fully saturated rings. The van der Waals surface area contributed by atoms with Crippen LogP contribution in [0.5, 0.6) is 0 Å². The maximum Gasteiger partial charge on any atom is 0.409 e. The number of thiophene rings is 1. The Morgan fingerprint density at radius 3 is 2.32 bits per heavy atom. The van der Waals surface area contributed by atoms with Gasteiger partial charge in [-0.3, -0.25) is 0 Å². The zero-order chi connectivity index (χ0) is 18.8. The predicted octanol–water partition coefficient (Wildman–Crippen LogP) is 4.07. The molecule has 0 N–H and O–H groups in total. The fraction of sp³-hybridized carbons (Fsp3) is 0.267. The number of sulfonamides is 1. The van der Waals surface area contributed by atoms with Crippen LogP contribution >= 0.6 is 11.3 Å². The molecule has 10 heteroatoms. The van der Waals surface area contributed by atoms with Gasteiger partial charge in [-0.25, -0.2) is 12.8 Å². The van der Waals surface area contributed by atoms with E-state index in [-0.39, 0.29) is 9.77 Å². The van der Waals surface area contributed by atoms with Gasteiger partial charge in [0.2, 0.25) is 10.0 Å². The quantitative estimate of drug-likeness (QED) is 0.721. The van der Waals surface area contributed by atoms with E-state index in [0.29, 0.717) is 4.31 Å². The van der Waals surface area contributed by atoms with E-state index in [0.717, 1.165) is 47.0 Å². The molecule has 2 aromatic rings. The van der Waals surface area contributed by atoms with Crippen molar-refractivity contribution in [1.82, 2.24) is 4.31 Å². The molecule has 134 valence electrons. The topological polar surface area (TPSA) is 61.2 Å². The smallest absolute Gasteiger partial charge is 0.207 e. The number of benzene rings is 1. The van der Waals surface area contributed by atoms with Crippen molar-refractivity contribution in [2.75, 3.05) is 6.54 Å². The highest BCUT2D eigenvalue weighted by Gasteiger charge is 2.48. The summed E-state index contributed by atoms with van der Waals surface area (Å²) < 4.78 is 79.5. The first-order valence-corrected chi connectivity index (χ1v) is 9.26. The van der Waals surface area contributed by atoms with Crippen LogP contribution in [0.2, 0.25) is 0 Å². The summed E-state index contributed by atoms with van der Waals surface area (Å²) in [5, 5.41) is 9.91. The lowest BCUT2D eigenvalue weighted by atomic mass is 10.1. The Bertz CT molecular complexity index is 883. The zero-order valence-electron chi connectivity index (χ0n) is 12.8. The fourth-order valence-electron chi connectivity index (χ4n) is 2.30. The minimum absolute atomic E-state index is 0.0694. The summed E-state index contributed by atoms with van der Waals surface area (Å²) in [6, 6.07) is 3.80. The Hall–Kier alpha value is -1.96. The van der Waals surface area contributed by atoms with E-state index in [1.807, 2.05) is 0 Å². The molecular weight excluding hydrogens is 380 g/mol. The number of hydrogen-bond acceptors (Lipinski definition) is 4. The third-order valence-electron chi connectivity index (χ3n) is 3.39. The van der Waals surface area contributed by atoms with Gasteiger partial charge in [0, 0.05) is 11.9 Å². The van der Waals surface area contributed by atoms with Gasteiger partial charge in [-0.05, 0) is 23.8 Å². The molecule has 0 unspecified atom stereocenters. The summed E-state index contributed by atoms with van der Waals surface area (Å²) >= 11 is 0.824. The molecule has 0 amide bonds. The predicted molar refractivity (Wildman–Crippen MR) is 83.8 cm³/mol. The van der Waals surface area contributed by atoms with Crippen LogP contribution in [-0.4, -0.2) is 25.4 Å². The van der Waals surface area contributed by atoms with Gasteiger partial charge in [-0.2, -0.15) is 22.7 Å². The van der Waals surface area contributed by atoms with Crippen LogP contribution in [-0.2, 0) is 10.0 Å². The van der Waals surface area contributed by atoms with Gasteiger partial charge in [0.05, 0.1) is 4.90 Å². The number of hydrogen-bond donors (Lipinski definition) is 0. The van der Waals surface area contributed by atoms with E-state index in [1.54, 1.807) is 6.07 Å². The van der Waals surface area contributed by atoms with Gasteiger partial charge in [0.25, 0.3) is 0 Å². The molecule has 1 aromatic carbocycles. The fourth-order valence-corrected chi connectivity index (χ4v) is 4.96. The van der Waals surface area contributed by atoms with Crippen molar-refractivity contribution >= 4 is 21.4 Å². The van der Waals surface area contributed by atoms with Crippen LogP contribution < -0.4 is 0 Å². The highest BCUT2D eigenvalue weighted by Crippen LogP contribution is 2.40. The lowest BCUT2D eigenvalue weighted by Crippen LogP contribution is -2.42. The normalized spacial score (nSPS) is 13.6. The van der Waals surface area contributed by atoms with Gasteiger partial charge in [-0.15, -0.1) is 11.3 Å². The maximum absolute atomic E-state index is 13.6. The van der Waals surface area contributed by atoms with E-state index < -0.39 is 40.2 Å². The summed E-state index contributed by atoms with van der Waals surface area (Å²) in [6.45, 7) is 0.818. The molecule has 0 aliphatic heterocycles. The van der Waals surface area contributed by atoms with Gasteiger partial charge in [0.1, 0.15) is 22.8 Å². The van der Waals surface area contributed by atoms with Crippen molar-refractivity contribution in [2.24, 2.45) is 0 Å². The molecule has 0 radical (unpaired) electrons. The van der Waals surface area contributed by atoms with Crippen molar-refractivity contribution in [3.8, 4) is 6.07 Å². The van der Waals surface area contributed by atoms with Crippen molar-refractivity contribution in [3.63, 3.8) is 0 Å². The largest absolute Gasteiger partial charge is 0.409 e. The van der Waals surface area contributed by atoms with Crippen LogP contribution in [0.3, 0.4) is 0 Å². The number of halogens is 4.